The molecule has 16 heavy (non-hydrogen) atoms. The van der Waals surface area contributed by atoms with E-state index in [1.807, 2.05) is 0 Å². The number of nitrogens with zero attached hydrogens (tertiary/aromatic N) is 1. The predicted octanol–water partition coefficient (Wildman–Crippen LogP) is 3.77. The van der Waals surface area contributed by atoms with Crippen LogP contribution in [0.4, 0.5) is 0 Å². The molecular formula is C14H23NO. The summed E-state index contributed by atoms with van der Waals surface area (Å²) in [4.78, 5) is 15.1. The van der Waals surface area contributed by atoms with Crippen LogP contribution in [-0.4, -0.2) is 12.0 Å². The van der Waals surface area contributed by atoms with Crippen LogP contribution in [0.2, 0.25) is 0 Å². The molecule has 0 aliphatic carbocycles. The molecule has 0 radical (unpaired) electrons. The number of carbonyl (C=O) groups excluding carboxylic acids is 1. The Morgan fingerprint density at radius 2 is 1.50 bits per heavy atom. The SMILES string of the molecule is CC(C)(C)CC1=C(CC(C)(C)C)C(C=O)=N1. The number of carbonyl (C=O) groups is 1. The van der Waals surface area contributed by atoms with Crippen LogP contribution in [0, 0.1) is 10.8 Å². The molecule has 0 spiro atoms. The maximum atomic E-state index is 10.8. The third-order valence-corrected chi connectivity index (χ3v) is 2.43. The third kappa shape index (κ3) is 3.58. The monoisotopic (exact) mass is 221 g/mol. The van der Waals surface area contributed by atoms with E-state index in [2.05, 4.69) is 46.5 Å². The van der Waals surface area contributed by atoms with E-state index in [0.29, 0.717) is 5.71 Å². The van der Waals surface area contributed by atoms with Gasteiger partial charge in [-0.2, -0.15) is 0 Å². The van der Waals surface area contributed by atoms with Gasteiger partial charge in [-0.25, -0.2) is 4.99 Å². The zero-order valence-corrected chi connectivity index (χ0v) is 11.3. The highest BCUT2D eigenvalue weighted by molar-refractivity contribution is 6.39. The van der Waals surface area contributed by atoms with Crippen molar-refractivity contribution in [3.8, 4) is 0 Å². The second-order valence-electron chi connectivity index (χ2n) is 7.02. The fourth-order valence-electron chi connectivity index (χ4n) is 1.84. The molecule has 0 saturated carbocycles. The second-order valence-corrected chi connectivity index (χ2v) is 7.02. The van der Waals surface area contributed by atoms with E-state index in [1.165, 1.54) is 5.57 Å². The van der Waals surface area contributed by atoms with Crippen LogP contribution in [0.5, 0.6) is 0 Å². The first kappa shape index (κ1) is 13.1. The van der Waals surface area contributed by atoms with Crippen molar-refractivity contribution < 1.29 is 4.79 Å². The molecule has 0 fully saturated rings. The number of hydrogen-bond acceptors (Lipinski definition) is 2. The van der Waals surface area contributed by atoms with E-state index in [-0.39, 0.29) is 10.8 Å². The van der Waals surface area contributed by atoms with Crippen LogP contribution >= 0.6 is 0 Å². The first-order valence-corrected chi connectivity index (χ1v) is 5.89. The van der Waals surface area contributed by atoms with Gasteiger partial charge in [-0.05, 0) is 23.7 Å². The van der Waals surface area contributed by atoms with Crippen molar-refractivity contribution in [1.82, 2.24) is 0 Å². The molecule has 0 aromatic heterocycles. The predicted molar refractivity (Wildman–Crippen MR) is 68.7 cm³/mol. The molecule has 0 saturated heterocycles. The molecule has 1 aliphatic rings. The maximum absolute atomic E-state index is 10.8. The Morgan fingerprint density at radius 1 is 1.00 bits per heavy atom. The van der Waals surface area contributed by atoms with Crippen LogP contribution < -0.4 is 0 Å². The molecule has 0 aromatic rings. The highest BCUT2D eigenvalue weighted by Crippen LogP contribution is 2.37. The largest absolute Gasteiger partial charge is 0.296 e. The summed E-state index contributed by atoms with van der Waals surface area (Å²) in [5, 5.41) is 0. The lowest BCUT2D eigenvalue weighted by Crippen LogP contribution is -2.23. The average molecular weight is 221 g/mol. The summed E-state index contributed by atoms with van der Waals surface area (Å²) in [5.41, 5.74) is 3.41. The number of allylic oxidation sites excluding steroid dienone is 2. The molecule has 0 bridgehead atoms. The quantitative estimate of drug-likeness (QED) is 0.667. The van der Waals surface area contributed by atoms with Crippen molar-refractivity contribution in [1.29, 1.82) is 0 Å². The summed E-state index contributed by atoms with van der Waals surface area (Å²) in [6, 6.07) is 0. The summed E-state index contributed by atoms with van der Waals surface area (Å²) < 4.78 is 0. The van der Waals surface area contributed by atoms with Gasteiger partial charge in [-0.15, -0.1) is 0 Å². The van der Waals surface area contributed by atoms with Gasteiger partial charge in [0.25, 0.3) is 0 Å². The Hall–Kier alpha value is -0.920. The van der Waals surface area contributed by atoms with E-state index in [4.69, 9.17) is 0 Å². The summed E-state index contributed by atoms with van der Waals surface area (Å²) in [7, 11) is 0. The lowest BCUT2D eigenvalue weighted by Gasteiger charge is -2.29. The van der Waals surface area contributed by atoms with Gasteiger partial charge in [0.2, 0.25) is 0 Å². The summed E-state index contributed by atoms with van der Waals surface area (Å²) >= 11 is 0. The van der Waals surface area contributed by atoms with E-state index in [0.717, 1.165) is 24.8 Å². The standard InChI is InChI=1S/C14H23NO/c1-13(2,3)7-10-11(8-14(4,5)6)15-12(10)9-16/h9H,7-8H2,1-6H3. The fourth-order valence-corrected chi connectivity index (χ4v) is 1.84. The van der Waals surface area contributed by atoms with Crippen LogP contribution in [0.25, 0.3) is 0 Å². The average Bonchev–Trinajstić information content (AvgIpc) is 2.05. The van der Waals surface area contributed by atoms with Gasteiger partial charge in [0, 0.05) is 11.3 Å². The lowest BCUT2D eigenvalue weighted by molar-refractivity contribution is -0.102. The molecule has 90 valence electrons. The van der Waals surface area contributed by atoms with Crippen molar-refractivity contribution in [2.75, 3.05) is 0 Å². The van der Waals surface area contributed by atoms with Gasteiger partial charge < -0.3 is 0 Å². The minimum atomic E-state index is 0.211. The molecule has 0 N–H and O–H groups in total. The van der Waals surface area contributed by atoms with Crippen LogP contribution in [0.15, 0.2) is 16.3 Å². The Morgan fingerprint density at radius 3 is 1.88 bits per heavy atom. The number of hydrogen-bond donors (Lipinski definition) is 0. The number of aliphatic imine (C=N–C) groups is 1. The van der Waals surface area contributed by atoms with Crippen LogP contribution in [-0.2, 0) is 4.79 Å². The van der Waals surface area contributed by atoms with Crippen molar-refractivity contribution in [3.05, 3.63) is 11.3 Å². The van der Waals surface area contributed by atoms with Crippen LogP contribution in [0.1, 0.15) is 54.4 Å². The topological polar surface area (TPSA) is 29.4 Å². The first-order valence-electron chi connectivity index (χ1n) is 5.89. The Bertz CT molecular complexity index is 348. The van der Waals surface area contributed by atoms with E-state index >= 15 is 0 Å². The fraction of sp³-hybridized carbons (Fsp3) is 0.714. The molecular weight excluding hydrogens is 198 g/mol. The van der Waals surface area contributed by atoms with Gasteiger partial charge in [0.05, 0.1) is 0 Å². The molecule has 1 rings (SSSR count). The lowest BCUT2D eigenvalue weighted by atomic mass is 9.80. The minimum absolute atomic E-state index is 0.211. The van der Waals surface area contributed by atoms with E-state index in [9.17, 15) is 4.79 Å². The van der Waals surface area contributed by atoms with Crippen molar-refractivity contribution in [2.45, 2.75) is 54.4 Å². The van der Waals surface area contributed by atoms with Gasteiger partial charge >= 0.3 is 0 Å². The zero-order chi connectivity index (χ0) is 12.6. The van der Waals surface area contributed by atoms with Crippen molar-refractivity contribution >= 4 is 12.0 Å². The molecule has 0 atom stereocenters. The highest BCUT2D eigenvalue weighted by atomic mass is 16.1. The molecule has 0 amide bonds. The molecule has 1 aliphatic heterocycles. The van der Waals surface area contributed by atoms with Crippen molar-refractivity contribution in [2.24, 2.45) is 15.8 Å². The van der Waals surface area contributed by atoms with Crippen LogP contribution in [0.3, 0.4) is 0 Å². The molecule has 0 unspecified atom stereocenters. The van der Waals surface area contributed by atoms with E-state index < -0.39 is 0 Å². The van der Waals surface area contributed by atoms with Gasteiger partial charge in [0.15, 0.2) is 6.29 Å². The zero-order valence-electron chi connectivity index (χ0n) is 11.3. The van der Waals surface area contributed by atoms with E-state index in [1.54, 1.807) is 0 Å². The summed E-state index contributed by atoms with van der Waals surface area (Å²) in [6.45, 7) is 13.2. The smallest absolute Gasteiger partial charge is 0.168 e. The number of rotatable bonds is 3. The number of aldehydes is 1. The second kappa shape index (κ2) is 4.15. The molecule has 2 heteroatoms. The normalized spacial score (nSPS) is 17.0. The molecule has 1 heterocycles. The highest BCUT2D eigenvalue weighted by Gasteiger charge is 2.28. The van der Waals surface area contributed by atoms with Gasteiger partial charge in [0.1, 0.15) is 5.71 Å². The van der Waals surface area contributed by atoms with Crippen molar-refractivity contribution in [3.63, 3.8) is 0 Å². The Balaban J connectivity index is 2.81. The van der Waals surface area contributed by atoms with Gasteiger partial charge in [-0.1, -0.05) is 41.5 Å². The summed E-state index contributed by atoms with van der Waals surface area (Å²) in [6.07, 6.45) is 2.78. The Labute approximate surface area is 98.8 Å². The first-order chi connectivity index (χ1) is 7.12. The Kier molecular flexibility index (Phi) is 3.41. The molecule has 0 aromatic carbocycles. The third-order valence-electron chi connectivity index (χ3n) is 2.43. The summed E-state index contributed by atoms with van der Waals surface area (Å²) in [5.74, 6) is 0. The minimum Gasteiger partial charge on any atom is -0.296 e. The maximum Gasteiger partial charge on any atom is 0.168 e. The van der Waals surface area contributed by atoms with Gasteiger partial charge in [-0.3, -0.25) is 4.79 Å². The molecule has 2 nitrogen and oxygen atoms in total.